The van der Waals surface area contributed by atoms with E-state index in [1.165, 1.54) is 24.5 Å². The Kier molecular flexibility index (Phi) is 6.60. The Hall–Kier alpha value is -1.18. The topological polar surface area (TPSA) is 71.1 Å². The highest BCUT2D eigenvalue weighted by molar-refractivity contribution is 5.71. The second-order valence-electron chi connectivity index (χ2n) is 7.88. The van der Waals surface area contributed by atoms with Crippen molar-refractivity contribution in [1.82, 2.24) is 15.1 Å². The molecule has 0 bridgehead atoms. The molecule has 0 unspecified atom stereocenters. The number of nitrogens with zero attached hydrogens (tertiary/aromatic N) is 2. The van der Waals surface area contributed by atoms with Crippen LogP contribution in [-0.2, 0) is 14.3 Å². The fourth-order valence-corrected chi connectivity index (χ4v) is 2.74. The first-order valence-corrected chi connectivity index (χ1v) is 8.69. The van der Waals surface area contributed by atoms with Gasteiger partial charge in [0.1, 0.15) is 11.9 Å². The van der Waals surface area contributed by atoms with Crippen molar-refractivity contribution in [3.05, 3.63) is 0 Å². The summed E-state index contributed by atoms with van der Waals surface area (Å²) in [5, 5.41) is 3.28. The number of amides is 1. The van der Waals surface area contributed by atoms with Crippen molar-refractivity contribution in [2.45, 2.75) is 32.5 Å². The van der Waals surface area contributed by atoms with Crippen molar-refractivity contribution in [3.63, 3.8) is 0 Å². The molecule has 7 nitrogen and oxygen atoms in total. The summed E-state index contributed by atoms with van der Waals surface area (Å²) in [6.45, 7) is 12.5. The Bertz CT molecular complexity index is 422. The first-order chi connectivity index (χ1) is 11.3. The van der Waals surface area contributed by atoms with Gasteiger partial charge in [-0.05, 0) is 26.7 Å². The molecule has 7 heteroatoms. The molecule has 24 heavy (non-hydrogen) atoms. The van der Waals surface area contributed by atoms with Gasteiger partial charge in [0, 0.05) is 52.9 Å². The molecule has 0 atom stereocenters. The van der Waals surface area contributed by atoms with Crippen molar-refractivity contribution < 1.29 is 19.1 Å². The molecule has 3 rings (SSSR count). The van der Waals surface area contributed by atoms with Crippen LogP contribution in [0.4, 0.5) is 4.79 Å². The summed E-state index contributed by atoms with van der Waals surface area (Å²) in [6.07, 6.45) is 1.06. The number of rotatable bonds is 4. The number of ether oxygens (including phenoxy) is 2. The number of aldehydes is 1. The third-order valence-corrected chi connectivity index (χ3v) is 4.39. The number of nitrogens with one attached hydrogen (secondary N) is 1. The molecule has 0 aliphatic carbocycles. The lowest BCUT2D eigenvalue weighted by molar-refractivity contribution is -0.115. The fraction of sp³-hybridized carbons (Fsp3) is 0.882. The molecule has 3 aliphatic rings. The van der Waals surface area contributed by atoms with Crippen LogP contribution < -0.4 is 5.32 Å². The van der Waals surface area contributed by atoms with Crippen LogP contribution in [0.15, 0.2) is 0 Å². The van der Waals surface area contributed by atoms with E-state index in [9.17, 15) is 9.59 Å². The molecule has 0 saturated carbocycles. The Balaban J connectivity index is 0.000000175. The van der Waals surface area contributed by atoms with Crippen molar-refractivity contribution in [3.8, 4) is 0 Å². The fourth-order valence-electron chi connectivity index (χ4n) is 2.74. The Morgan fingerprint density at radius 3 is 2.25 bits per heavy atom. The smallest absolute Gasteiger partial charge is 0.410 e. The van der Waals surface area contributed by atoms with Gasteiger partial charge in [0.25, 0.3) is 0 Å². The predicted octanol–water partition coefficient (Wildman–Crippen LogP) is 0.589. The van der Waals surface area contributed by atoms with E-state index in [-0.39, 0.29) is 12.0 Å². The molecule has 1 N–H and O–H groups in total. The number of carbonyl (C=O) groups excluding carboxylic acids is 2. The van der Waals surface area contributed by atoms with Crippen LogP contribution in [0, 0.1) is 11.8 Å². The molecule has 0 aromatic rings. The van der Waals surface area contributed by atoms with Crippen LogP contribution in [0.5, 0.6) is 0 Å². The highest BCUT2D eigenvalue weighted by Gasteiger charge is 2.33. The second kappa shape index (κ2) is 8.27. The second-order valence-corrected chi connectivity index (χ2v) is 7.88. The van der Waals surface area contributed by atoms with Gasteiger partial charge in [-0.3, -0.25) is 4.90 Å². The van der Waals surface area contributed by atoms with Crippen molar-refractivity contribution in [2.75, 3.05) is 52.9 Å². The molecular weight excluding hydrogens is 310 g/mol. The summed E-state index contributed by atoms with van der Waals surface area (Å²) in [4.78, 5) is 25.6. The highest BCUT2D eigenvalue weighted by atomic mass is 16.6. The lowest BCUT2D eigenvalue weighted by atomic mass is 10.0. The molecule has 3 fully saturated rings. The summed E-state index contributed by atoms with van der Waals surface area (Å²) in [7, 11) is 1.80. The first-order valence-electron chi connectivity index (χ1n) is 8.69. The zero-order chi connectivity index (χ0) is 17.7. The van der Waals surface area contributed by atoms with Crippen molar-refractivity contribution >= 4 is 12.4 Å². The maximum atomic E-state index is 11.3. The van der Waals surface area contributed by atoms with Gasteiger partial charge >= 0.3 is 6.09 Å². The molecule has 0 spiro atoms. The largest absolute Gasteiger partial charge is 0.444 e. The number of carbonyl (C=O) groups is 2. The molecule has 0 aromatic heterocycles. The average Bonchev–Trinajstić information content (AvgIpc) is 2.32. The van der Waals surface area contributed by atoms with Crippen molar-refractivity contribution in [2.24, 2.45) is 11.8 Å². The van der Waals surface area contributed by atoms with Gasteiger partial charge < -0.3 is 24.5 Å². The minimum Gasteiger partial charge on any atom is -0.444 e. The molecule has 3 aliphatic heterocycles. The van der Waals surface area contributed by atoms with Gasteiger partial charge in [0.15, 0.2) is 0 Å². The van der Waals surface area contributed by atoms with Gasteiger partial charge in [0.05, 0.1) is 12.0 Å². The normalized spacial score (nSPS) is 22.6. The zero-order valence-corrected chi connectivity index (χ0v) is 15.3. The highest BCUT2D eigenvalue weighted by Crippen LogP contribution is 2.17. The number of methoxy groups -OCH3 is 1. The quantitative estimate of drug-likeness (QED) is 0.755. The van der Waals surface area contributed by atoms with Crippen LogP contribution in [0.3, 0.4) is 0 Å². The van der Waals surface area contributed by atoms with Gasteiger partial charge in [0.2, 0.25) is 0 Å². The summed E-state index contributed by atoms with van der Waals surface area (Å²) < 4.78 is 10.3. The van der Waals surface area contributed by atoms with E-state index < -0.39 is 5.60 Å². The minimum atomic E-state index is -0.455. The summed E-state index contributed by atoms with van der Waals surface area (Å²) in [5.41, 5.74) is -0.455. The van der Waals surface area contributed by atoms with Gasteiger partial charge in [-0.15, -0.1) is 0 Å². The van der Waals surface area contributed by atoms with E-state index in [0.717, 1.165) is 25.3 Å². The van der Waals surface area contributed by atoms with Crippen LogP contribution >= 0.6 is 0 Å². The average molecular weight is 341 g/mol. The van der Waals surface area contributed by atoms with Gasteiger partial charge in [-0.25, -0.2) is 4.79 Å². The molecule has 138 valence electrons. The van der Waals surface area contributed by atoms with Crippen LogP contribution in [0.2, 0.25) is 0 Å². The van der Waals surface area contributed by atoms with Crippen LogP contribution in [0.1, 0.15) is 20.8 Å². The molecular formula is C17H31N3O4. The molecule has 3 heterocycles. The Labute approximate surface area is 144 Å². The number of likely N-dealkylation sites (tertiary alicyclic amines) is 2. The van der Waals surface area contributed by atoms with E-state index in [2.05, 4.69) is 10.2 Å². The Morgan fingerprint density at radius 1 is 1.21 bits per heavy atom. The van der Waals surface area contributed by atoms with E-state index in [0.29, 0.717) is 19.2 Å². The van der Waals surface area contributed by atoms with E-state index in [1.54, 1.807) is 7.11 Å². The van der Waals surface area contributed by atoms with Gasteiger partial charge in [-0.1, -0.05) is 0 Å². The zero-order valence-electron chi connectivity index (χ0n) is 15.3. The van der Waals surface area contributed by atoms with Crippen LogP contribution in [0.25, 0.3) is 0 Å². The third kappa shape index (κ3) is 5.72. The molecule has 0 aromatic carbocycles. The van der Waals surface area contributed by atoms with E-state index in [1.807, 2.05) is 20.8 Å². The lowest BCUT2D eigenvalue weighted by Gasteiger charge is -2.42. The summed E-state index contributed by atoms with van der Waals surface area (Å²) in [6, 6.07) is 0. The molecule has 0 radical (unpaired) electrons. The van der Waals surface area contributed by atoms with E-state index >= 15 is 0 Å². The summed E-state index contributed by atoms with van der Waals surface area (Å²) in [5.74, 6) is 0.917. The first kappa shape index (κ1) is 19.1. The summed E-state index contributed by atoms with van der Waals surface area (Å²) >= 11 is 0. The minimum absolute atomic E-state index is 0.00696. The number of hydrogen-bond acceptors (Lipinski definition) is 6. The monoisotopic (exact) mass is 341 g/mol. The SMILES string of the molecule is CC(C)(C)OC(=O)N1CC(C=O)C1.COC1CN(CC2CNC2)C1. The molecule has 3 saturated heterocycles. The molecule has 1 amide bonds. The Morgan fingerprint density at radius 2 is 1.83 bits per heavy atom. The third-order valence-electron chi connectivity index (χ3n) is 4.39. The number of hydrogen-bond donors (Lipinski definition) is 1. The van der Waals surface area contributed by atoms with Crippen molar-refractivity contribution in [1.29, 1.82) is 0 Å². The maximum Gasteiger partial charge on any atom is 0.410 e. The predicted molar refractivity (Wildman–Crippen MR) is 91.0 cm³/mol. The maximum absolute atomic E-state index is 11.3. The standard InChI is InChI=1S/C9H15NO3.C8H16N2O/c1-9(2,3)13-8(12)10-4-7(5-10)6-11;1-11-8-5-10(6-8)4-7-2-9-3-7/h6-7H,4-5H2,1-3H3;7-9H,2-6H2,1H3. The van der Waals surface area contributed by atoms with E-state index in [4.69, 9.17) is 9.47 Å². The van der Waals surface area contributed by atoms with Gasteiger partial charge in [-0.2, -0.15) is 0 Å². The van der Waals surface area contributed by atoms with Crippen LogP contribution in [-0.4, -0.2) is 86.8 Å². The lowest BCUT2D eigenvalue weighted by Crippen LogP contribution is -2.57.